The predicted octanol–water partition coefficient (Wildman–Crippen LogP) is 5.75. The number of carbonyl (C=O) groups excluding carboxylic acids is 1. The molecule has 3 aromatic rings. The summed E-state index contributed by atoms with van der Waals surface area (Å²) >= 11 is 0. The first kappa shape index (κ1) is 40.3. The first-order chi connectivity index (χ1) is 22.9. The maximum absolute atomic E-state index is 12.7. The van der Waals surface area contributed by atoms with Gasteiger partial charge in [-0.2, -0.15) is 26.3 Å². The monoisotopic (exact) mass is 701 g/mol. The number of nitrogens with one attached hydrogen (secondary N) is 2. The molecule has 1 saturated heterocycles. The molecule has 0 saturated carbocycles. The zero-order valence-corrected chi connectivity index (χ0v) is 26.8. The number of hydrogen-bond acceptors (Lipinski definition) is 7. The smallest absolute Gasteiger partial charge is 0.490 e. The lowest BCUT2D eigenvalue weighted by Crippen LogP contribution is -2.48. The second-order valence-electron chi connectivity index (χ2n) is 10.6. The van der Waals surface area contributed by atoms with E-state index in [1.165, 1.54) is 5.56 Å². The van der Waals surface area contributed by atoms with Crippen molar-refractivity contribution in [3.63, 3.8) is 0 Å². The summed E-state index contributed by atoms with van der Waals surface area (Å²) in [5.74, 6) is -4.13. The lowest BCUT2D eigenvalue weighted by atomic mass is 9.99. The maximum Gasteiger partial charge on any atom is 0.490 e. The molecule has 0 aliphatic carbocycles. The van der Waals surface area contributed by atoms with Gasteiger partial charge in [0.2, 0.25) is 0 Å². The number of benzene rings is 3. The lowest BCUT2D eigenvalue weighted by Gasteiger charge is -2.31. The van der Waals surface area contributed by atoms with Gasteiger partial charge in [0.15, 0.2) is 0 Å². The van der Waals surface area contributed by atoms with Crippen LogP contribution in [0.5, 0.6) is 11.5 Å². The molecule has 1 aliphatic heterocycles. The minimum Gasteiger partial charge on any atom is -0.496 e. The van der Waals surface area contributed by atoms with E-state index in [4.69, 9.17) is 29.3 Å². The second kappa shape index (κ2) is 18.6. The molecule has 10 nitrogen and oxygen atoms in total. The summed E-state index contributed by atoms with van der Waals surface area (Å²) < 4.78 is 74.7. The van der Waals surface area contributed by atoms with Crippen LogP contribution in [0.1, 0.15) is 35.3 Å². The SMILES string of the molecule is CCOc1cccc(C(=O)NCc2ccc(OC)c(-c3cccc(CN4CCNC(C)C4)c3)c2)c1.O=C(O)C(F)(F)F.O=C(O)C(F)(F)F. The molecule has 1 atom stereocenters. The van der Waals surface area contributed by atoms with Gasteiger partial charge in [-0.3, -0.25) is 9.69 Å². The van der Waals surface area contributed by atoms with Crippen LogP contribution in [0.3, 0.4) is 0 Å². The molecule has 1 heterocycles. The summed E-state index contributed by atoms with van der Waals surface area (Å²) in [6.45, 7) is 9.21. The van der Waals surface area contributed by atoms with Gasteiger partial charge in [-0.05, 0) is 66.9 Å². The van der Waals surface area contributed by atoms with Crippen LogP contribution in [0, 0.1) is 0 Å². The van der Waals surface area contributed by atoms with E-state index in [9.17, 15) is 31.1 Å². The number of nitrogens with zero attached hydrogens (tertiary/aromatic N) is 1. The lowest BCUT2D eigenvalue weighted by molar-refractivity contribution is -0.193. The molecular formula is C33H37F6N3O7. The van der Waals surface area contributed by atoms with E-state index in [0.29, 0.717) is 30.5 Å². The summed E-state index contributed by atoms with van der Waals surface area (Å²) in [5.41, 5.74) is 5.01. The van der Waals surface area contributed by atoms with Crippen LogP contribution in [-0.4, -0.2) is 84.7 Å². The summed E-state index contributed by atoms with van der Waals surface area (Å²) in [6.07, 6.45) is -10.2. The number of ether oxygens (including phenoxy) is 2. The molecule has 0 bridgehead atoms. The Morgan fingerprint density at radius 1 is 0.918 bits per heavy atom. The molecule has 1 aliphatic rings. The van der Waals surface area contributed by atoms with E-state index in [1.807, 2.05) is 31.2 Å². The highest BCUT2D eigenvalue weighted by Crippen LogP contribution is 2.32. The second-order valence-corrected chi connectivity index (χ2v) is 10.6. The highest BCUT2D eigenvalue weighted by atomic mass is 19.4. The summed E-state index contributed by atoms with van der Waals surface area (Å²) in [7, 11) is 1.69. The van der Waals surface area contributed by atoms with Crippen molar-refractivity contribution in [2.75, 3.05) is 33.4 Å². The molecule has 268 valence electrons. The van der Waals surface area contributed by atoms with E-state index in [1.54, 1.807) is 19.2 Å². The summed E-state index contributed by atoms with van der Waals surface area (Å²) in [5, 5.41) is 20.8. The molecular weight excluding hydrogens is 664 g/mol. The van der Waals surface area contributed by atoms with Gasteiger partial charge in [-0.15, -0.1) is 0 Å². The van der Waals surface area contributed by atoms with Crippen molar-refractivity contribution in [3.8, 4) is 22.6 Å². The van der Waals surface area contributed by atoms with Gasteiger partial charge in [-0.25, -0.2) is 9.59 Å². The number of carbonyl (C=O) groups is 3. The highest BCUT2D eigenvalue weighted by Gasteiger charge is 2.38. The number of amides is 1. The Labute approximate surface area is 278 Å². The zero-order chi connectivity index (χ0) is 36.8. The van der Waals surface area contributed by atoms with Gasteiger partial charge in [0.25, 0.3) is 5.91 Å². The van der Waals surface area contributed by atoms with E-state index < -0.39 is 24.3 Å². The molecule has 4 rings (SSSR count). The number of piperazine rings is 1. The largest absolute Gasteiger partial charge is 0.496 e. The third-order valence-corrected chi connectivity index (χ3v) is 6.71. The third kappa shape index (κ3) is 14.0. The average Bonchev–Trinajstić information content (AvgIpc) is 3.03. The van der Waals surface area contributed by atoms with E-state index >= 15 is 0 Å². The molecule has 0 aromatic heterocycles. The van der Waals surface area contributed by atoms with Crippen molar-refractivity contribution in [1.29, 1.82) is 0 Å². The number of carboxylic acids is 2. The normalized spacial score (nSPS) is 14.7. The molecule has 0 spiro atoms. The molecule has 0 radical (unpaired) electrons. The Kier molecular flexibility index (Phi) is 15.4. The van der Waals surface area contributed by atoms with Crippen molar-refractivity contribution >= 4 is 17.8 Å². The van der Waals surface area contributed by atoms with Gasteiger partial charge < -0.3 is 30.3 Å². The van der Waals surface area contributed by atoms with Crippen LogP contribution in [0.4, 0.5) is 26.3 Å². The number of hydrogen-bond donors (Lipinski definition) is 4. The van der Waals surface area contributed by atoms with Gasteiger partial charge in [-0.1, -0.05) is 30.3 Å². The highest BCUT2D eigenvalue weighted by molar-refractivity contribution is 5.94. The minimum atomic E-state index is -5.08. The van der Waals surface area contributed by atoms with E-state index in [-0.39, 0.29) is 5.91 Å². The van der Waals surface area contributed by atoms with Crippen molar-refractivity contribution < 1.29 is 60.4 Å². The van der Waals surface area contributed by atoms with Crippen LogP contribution >= 0.6 is 0 Å². The van der Waals surface area contributed by atoms with Crippen molar-refractivity contribution in [1.82, 2.24) is 15.5 Å². The van der Waals surface area contributed by atoms with Gasteiger partial charge in [0.05, 0.1) is 13.7 Å². The molecule has 16 heteroatoms. The minimum absolute atomic E-state index is 0.129. The number of carboxylic acid groups (broad SMARTS) is 2. The third-order valence-electron chi connectivity index (χ3n) is 6.71. The number of alkyl halides is 6. The molecule has 1 unspecified atom stereocenters. The quantitative estimate of drug-likeness (QED) is 0.206. The summed E-state index contributed by atoms with van der Waals surface area (Å²) in [4.78, 5) is 33.0. The van der Waals surface area contributed by atoms with Gasteiger partial charge in [0, 0.05) is 49.9 Å². The van der Waals surface area contributed by atoms with Crippen LogP contribution in [0.15, 0.2) is 66.7 Å². The Bertz CT molecular complexity index is 1530. The fourth-order valence-corrected chi connectivity index (χ4v) is 4.52. The maximum atomic E-state index is 12.7. The first-order valence-electron chi connectivity index (χ1n) is 14.8. The van der Waals surface area contributed by atoms with Crippen molar-refractivity contribution in [2.45, 2.75) is 45.3 Å². The fourth-order valence-electron chi connectivity index (χ4n) is 4.52. The van der Waals surface area contributed by atoms with Crippen LogP contribution in [0.2, 0.25) is 0 Å². The van der Waals surface area contributed by atoms with Crippen LogP contribution in [0.25, 0.3) is 11.1 Å². The zero-order valence-electron chi connectivity index (χ0n) is 26.8. The van der Waals surface area contributed by atoms with Crippen molar-refractivity contribution in [3.05, 3.63) is 83.4 Å². The Hall–Kier alpha value is -4.83. The Morgan fingerprint density at radius 2 is 1.55 bits per heavy atom. The number of aliphatic carboxylic acids is 2. The number of methoxy groups -OCH3 is 1. The van der Waals surface area contributed by atoms with E-state index in [0.717, 1.165) is 48.6 Å². The molecule has 1 fully saturated rings. The summed E-state index contributed by atoms with van der Waals surface area (Å²) in [6, 6.07) is 22.5. The van der Waals surface area contributed by atoms with Gasteiger partial charge >= 0.3 is 24.3 Å². The topological polar surface area (TPSA) is 137 Å². The molecule has 3 aromatic carbocycles. The standard InChI is InChI=1S/C29H35N3O3.2C2HF3O2/c1-4-35-26-10-6-9-25(17-26)29(33)31-18-22-11-12-28(34-3)27(16-22)24-8-5-7-23(15-24)20-32-14-13-30-21(2)19-32;2*3-2(4,5)1(6)7/h5-12,15-17,21,30H,4,13-14,18-20H2,1-3H3,(H,31,33);2*(H,6,7). The Morgan fingerprint density at radius 3 is 2.12 bits per heavy atom. The van der Waals surface area contributed by atoms with Crippen molar-refractivity contribution in [2.24, 2.45) is 0 Å². The number of rotatable bonds is 9. The predicted molar refractivity (Wildman–Crippen MR) is 167 cm³/mol. The molecule has 1 amide bonds. The fraction of sp³-hybridized carbons (Fsp3) is 0.364. The van der Waals surface area contributed by atoms with E-state index in [2.05, 4.69) is 52.8 Å². The Balaban J connectivity index is 0.000000500. The van der Waals surface area contributed by atoms with Gasteiger partial charge in [0.1, 0.15) is 11.5 Å². The van der Waals surface area contributed by atoms with Crippen LogP contribution < -0.4 is 20.1 Å². The average molecular weight is 702 g/mol. The molecule has 49 heavy (non-hydrogen) atoms. The molecule has 4 N–H and O–H groups in total. The van der Waals surface area contributed by atoms with Crippen LogP contribution in [-0.2, 0) is 22.7 Å². The number of halogens is 6. The first-order valence-corrected chi connectivity index (χ1v) is 14.8.